The number of aromatic nitrogens is 5. The van der Waals surface area contributed by atoms with Crippen LogP contribution >= 0.6 is 0 Å². The van der Waals surface area contributed by atoms with Crippen LogP contribution in [0.4, 0.5) is 0 Å². The van der Waals surface area contributed by atoms with E-state index in [0.717, 1.165) is 44.4 Å². The molecule has 0 saturated heterocycles. The molecule has 258 valence electrons. The zero-order valence-corrected chi connectivity index (χ0v) is 32.3. The first-order chi connectivity index (χ1) is 24.0. The van der Waals surface area contributed by atoms with Gasteiger partial charge in [0, 0.05) is 50.9 Å². The number of benzene rings is 3. The second kappa shape index (κ2) is 13.0. The molecule has 0 amide bonds. The first-order valence-electron chi connectivity index (χ1n) is 17.7. The van der Waals surface area contributed by atoms with Crippen molar-refractivity contribution in [2.24, 2.45) is 0 Å². The molecule has 0 bridgehead atoms. The Morgan fingerprint density at radius 1 is 0.700 bits per heavy atom. The summed E-state index contributed by atoms with van der Waals surface area (Å²) in [4.78, 5) is 9.26. The second-order valence-corrected chi connectivity index (χ2v) is 15.7. The second-order valence-electron chi connectivity index (χ2n) is 15.7. The predicted octanol–water partition coefficient (Wildman–Crippen LogP) is 9.72. The van der Waals surface area contributed by atoms with Gasteiger partial charge in [-0.25, -0.2) is 4.98 Å². The van der Waals surface area contributed by atoms with Crippen molar-refractivity contribution < 1.29 is 33.1 Å². The van der Waals surface area contributed by atoms with E-state index in [1.54, 1.807) is 16.8 Å². The van der Waals surface area contributed by atoms with Gasteiger partial charge in [-0.2, -0.15) is 18.2 Å². The van der Waals surface area contributed by atoms with Crippen LogP contribution < -0.4 is 9.30 Å². The Kier molecular flexibility index (Phi) is 8.47. The molecule has 0 radical (unpaired) electrons. The van der Waals surface area contributed by atoms with Crippen molar-refractivity contribution in [3.05, 3.63) is 133 Å². The Bertz CT molecular complexity index is 2410. The summed E-state index contributed by atoms with van der Waals surface area (Å²) in [6, 6.07) is 31.2. The van der Waals surface area contributed by atoms with E-state index in [0.29, 0.717) is 17.3 Å². The van der Waals surface area contributed by atoms with Crippen LogP contribution in [0, 0.1) is 18.5 Å². The minimum Gasteiger partial charge on any atom is -0.522 e. The number of hydrogen-bond donors (Lipinski definition) is 0. The Balaban J connectivity index is 0.00000464. The molecule has 0 N–H and O–H groups in total. The van der Waals surface area contributed by atoms with Crippen molar-refractivity contribution in [1.82, 2.24) is 19.1 Å². The first kappa shape index (κ1) is 32.7. The number of ether oxygens (including phenoxy) is 1. The molecule has 0 atom stereocenters. The number of para-hydroxylation sites is 1. The normalized spacial score (nSPS) is 12.9. The molecule has 4 heterocycles. The van der Waals surface area contributed by atoms with Gasteiger partial charge in [-0.3, -0.25) is 14.1 Å². The third-order valence-electron chi connectivity index (χ3n) is 8.87. The van der Waals surface area contributed by atoms with E-state index in [-0.39, 0.29) is 49.7 Å². The van der Waals surface area contributed by atoms with Crippen molar-refractivity contribution >= 4 is 21.8 Å². The van der Waals surface area contributed by atoms with Crippen LogP contribution in [0.1, 0.15) is 81.7 Å². The summed E-state index contributed by atoms with van der Waals surface area (Å²) in [6.45, 7) is 19.7. The smallest absolute Gasteiger partial charge is 0.268 e. The van der Waals surface area contributed by atoms with Crippen LogP contribution in [0.25, 0.3) is 39.1 Å². The number of pyridine rings is 2. The van der Waals surface area contributed by atoms with Crippen molar-refractivity contribution in [2.45, 2.75) is 78.6 Å². The van der Waals surface area contributed by atoms with Gasteiger partial charge in [0.1, 0.15) is 5.82 Å². The zero-order valence-electron chi connectivity index (χ0n) is 32.0. The molecule has 0 fully saturated rings. The maximum absolute atomic E-state index is 8.89. The Morgan fingerprint density at radius 2 is 1.36 bits per heavy atom. The van der Waals surface area contributed by atoms with E-state index >= 15 is 0 Å². The summed E-state index contributed by atoms with van der Waals surface area (Å²) in [6.07, 6.45) is 6.61. The Labute approximate surface area is 312 Å². The number of imidazole rings is 1. The van der Waals surface area contributed by atoms with Crippen molar-refractivity contribution in [3.63, 3.8) is 0 Å². The monoisotopic (exact) mass is 842 g/mol. The van der Waals surface area contributed by atoms with E-state index in [9.17, 15) is 0 Å². The summed E-state index contributed by atoms with van der Waals surface area (Å²) in [5.74, 6) is 2.01. The maximum Gasteiger partial charge on any atom is 0.268 e. The number of hydrogen-bond acceptors (Lipinski definition) is 3. The third-order valence-corrected chi connectivity index (χ3v) is 8.87. The molecule has 3 aromatic carbocycles. The molecular weight excluding hydrogens is 798 g/mol. The largest absolute Gasteiger partial charge is 0.522 e. The fourth-order valence-electron chi connectivity index (χ4n) is 5.91. The SMILES string of the molecule is [2H]c1c([2H])[n+](-c2cc(C(C)(C)C)cc(C(C)(C)C)c2)[c-]n1-c1[c-]c(Oc2[c-]c3c(cc2)c2ccccc2n3-c2cc(C(C)(C)C)ccn2)ccn1.[Pt]. The van der Waals surface area contributed by atoms with Gasteiger partial charge < -0.3 is 9.30 Å². The molecule has 0 unspecified atom stereocenters. The van der Waals surface area contributed by atoms with Crippen LogP contribution in [-0.4, -0.2) is 19.1 Å². The van der Waals surface area contributed by atoms with E-state index in [1.807, 2.05) is 30.5 Å². The summed E-state index contributed by atoms with van der Waals surface area (Å²) in [5.41, 5.74) is 5.90. The van der Waals surface area contributed by atoms with Gasteiger partial charge in [-0.1, -0.05) is 98.3 Å². The van der Waals surface area contributed by atoms with Crippen LogP contribution in [0.15, 0.2) is 97.5 Å². The minimum absolute atomic E-state index is 0. The van der Waals surface area contributed by atoms with Crippen molar-refractivity contribution in [3.8, 4) is 28.8 Å². The fourth-order valence-corrected chi connectivity index (χ4v) is 5.91. The number of rotatable bonds is 5. The molecule has 50 heavy (non-hydrogen) atoms. The summed E-state index contributed by atoms with van der Waals surface area (Å²) >= 11 is 0. The standard InChI is InChI=1S/C43H43N5O.Pt/c1-41(2,3)29-16-18-45-40(25-29)48-37-13-11-10-12-35(37)36-15-14-33(26-38(36)48)49-34-17-19-44-39(27-34)47-21-20-46(28-47)32-23-30(42(4,5)6)22-31(24-32)43(7,8)9;/h10-25H,1-9H3;/q-2;/i20D,21D;. The summed E-state index contributed by atoms with van der Waals surface area (Å²) in [7, 11) is 0. The van der Waals surface area contributed by atoms with E-state index < -0.39 is 0 Å². The molecule has 0 spiro atoms. The summed E-state index contributed by atoms with van der Waals surface area (Å²) in [5, 5.41) is 2.14. The predicted molar refractivity (Wildman–Crippen MR) is 196 cm³/mol. The van der Waals surface area contributed by atoms with Gasteiger partial charge >= 0.3 is 0 Å². The van der Waals surface area contributed by atoms with E-state index in [1.165, 1.54) is 10.1 Å². The van der Waals surface area contributed by atoms with Crippen LogP contribution in [0.2, 0.25) is 0 Å². The first-order valence-corrected chi connectivity index (χ1v) is 16.7. The topological polar surface area (TPSA) is 48.8 Å². The van der Waals surface area contributed by atoms with Gasteiger partial charge in [0.05, 0.1) is 14.2 Å². The van der Waals surface area contributed by atoms with E-state index in [2.05, 4.69) is 133 Å². The molecule has 7 aromatic rings. The molecule has 7 heteroatoms. The molecule has 0 aliphatic heterocycles. The van der Waals surface area contributed by atoms with Gasteiger partial charge in [-0.05, 0) is 74.4 Å². The molecule has 0 aliphatic rings. The minimum atomic E-state index is -0.104. The molecule has 0 aliphatic carbocycles. The van der Waals surface area contributed by atoms with Gasteiger partial charge in [-0.15, -0.1) is 17.5 Å². The molecule has 6 nitrogen and oxygen atoms in total. The van der Waals surface area contributed by atoms with Crippen molar-refractivity contribution in [1.29, 1.82) is 0 Å². The molecule has 0 saturated carbocycles. The van der Waals surface area contributed by atoms with Gasteiger partial charge in [0.2, 0.25) is 0 Å². The van der Waals surface area contributed by atoms with Gasteiger partial charge in [0.15, 0.2) is 0 Å². The molecule has 7 rings (SSSR count). The Morgan fingerprint density at radius 3 is 2.06 bits per heavy atom. The van der Waals surface area contributed by atoms with Crippen LogP contribution in [-0.2, 0) is 37.3 Å². The van der Waals surface area contributed by atoms with E-state index in [4.69, 9.17) is 12.5 Å². The average molecular weight is 843 g/mol. The summed E-state index contributed by atoms with van der Waals surface area (Å²) < 4.78 is 29.3. The van der Waals surface area contributed by atoms with Crippen LogP contribution in [0.5, 0.6) is 11.5 Å². The fraction of sp³-hybridized carbons (Fsp3) is 0.279. The van der Waals surface area contributed by atoms with Gasteiger partial charge in [0.25, 0.3) is 6.33 Å². The number of fused-ring (bicyclic) bond motifs is 3. The Hall–Kier alpha value is -4.54. The maximum atomic E-state index is 8.89. The zero-order chi connectivity index (χ0) is 36.5. The number of nitrogens with zero attached hydrogens (tertiary/aromatic N) is 5. The quantitative estimate of drug-likeness (QED) is 0.128. The third kappa shape index (κ3) is 6.91. The average Bonchev–Trinajstić information content (AvgIpc) is 3.56. The van der Waals surface area contributed by atoms with Crippen molar-refractivity contribution in [2.75, 3.05) is 0 Å². The van der Waals surface area contributed by atoms with Crippen LogP contribution in [0.3, 0.4) is 0 Å². The molecule has 4 aromatic heterocycles. The molecular formula is C43H43N5OPt-2.